The molecule has 8 heteroatoms. The number of hydrogen-bond acceptors (Lipinski definition) is 4. The molecule has 0 saturated heterocycles. The van der Waals surface area contributed by atoms with Crippen molar-refractivity contribution < 1.29 is 30.5 Å². The third-order valence-electron chi connectivity index (χ3n) is 3.46. The molecule has 3 aromatic rings. The van der Waals surface area contributed by atoms with Gasteiger partial charge in [-0.25, -0.2) is 0 Å². The van der Waals surface area contributed by atoms with E-state index in [1.807, 2.05) is 6.07 Å². The Morgan fingerprint density at radius 2 is 1.30 bits per heavy atom. The van der Waals surface area contributed by atoms with Gasteiger partial charge in [0.05, 0.1) is 5.56 Å². The van der Waals surface area contributed by atoms with E-state index >= 15 is 0 Å². The SMILES string of the molecule is O=S(=O)(Oc1ccc(Oc2ccccc2)cc1)c1cccc(C(F)(F)F)c1. The first-order valence-corrected chi connectivity index (χ1v) is 9.10. The Morgan fingerprint density at radius 1 is 0.704 bits per heavy atom. The second-order valence-electron chi connectivity index (χ2n) is 5.45. The van der Waals surface area contributed by atoms with Gasteiger partial charge in [-0.3, -0.25) is 0 Å². The van der Waals surface area contributed by atoms with Gasteiger partial charge in [0.2, 0.25) is 0 Å². The maximum Gasteiger partial charge on any atom is 0.416 e. The summed E-state index contributed by atoms with van der Waals surface area (Å²) in [5.74, 6) is 1.00. The van der Waals surface area contributed by atoms with E-state index in [4.69, 9.17) is 8.92 Å². The zero-order valence-corrected chi connectivity index (χ0v) is 14.5. The standard InChI is InChI=1S/C19H13F3O4S/c20-19(21,22)14-5-4-8-18(13-14)27(23,24)26-17-11-9-16(10-12-17)25-15-6-2-1-3-7-15/h1-13H. The molecule has 0 heterocycles. The topological polar surface area (TPSA) is 52.6 Å². The number of alkyl halides is 3. The van der Waals surface area contributed by atoms with Crippen molar-refractivity contribution in [2.24, 2.45) is 0 Å². The predicted molar refractivity (Wildman–Crippen MR) is 92.2 cm³/mol. The van der Waals surface area contributed by atoms with Crippen molar-refractivity contribution in [1.29, 1.82) is 0 Å². The first-order chi connectivity index (χ1) is 12.7. The highest BCUT2D eigenvalue weighted by Crippen LogP contribution is 2.31. The van der Waals surface area contributed by atoms with Crippen molar-refractivity contribution in [1.82, 2.24) is 0 Å². The quantitative estimate of drug-likeness (QED) is 0.554. The highest BCUT2D eigenvalue weighted by molar-refractivity contribution is 7.87. The molecular weight excluding hydrogens is 381 g/mol. The lowest BCUT2D eigenvalue weighted by Gasteiger charge is -2.11. The van der Waals surface area contributed by atoms with Crippen molar-refractivity contribution >= 4 is 10.1 Å². The van der Waals surface area contributed by atoms with E-state index in [1.165, 1.54) is 24.3 Å². The lowest BCUT2D eigenvalue weighted by Crippen LogP contribution is -2.12. The molecule has 4 nitrogen and oxygen atoms in total. The van der Waals surface area contributed by atoms with Gasteiger partial charge in [0.25, 0.3) is 0 Å². The number of rotatable bonds is 5. The third kappa shape index (κ3) is 4.79. The summed E-state index contributed by atoms with van der Waals surface area (Å²) in [7, 11) is -4.41. The van der Waals surface area contributed by atoms with Gasteiger partial charge in [0.1, 0.15) is 22.1 Å². The van der Waals surface area contributed by atoms with Gasteiger partial charge in [0, 0.05) is 0 Å². The van der Waals surface area contributed by atoms with Gasteiger partial charge >= 0.3 is 16.3 Å². The van der Waals surface area contributed by atoms with Crippen LogP contribution in [0.25, 0.3) is 0 Å². The Hall–Kier alpha value is -3.00. The second kappa shape index (κ2) is 7.32. The van der Waals surface area contributed by atoms with E-state index in [1.54, 1.807) is 24.3 Å². The number of ether oxygens (including phenoxy) is 1. The summed E-state index contributed by atoms with van der Waals surface area (Å²) in [5, 5.41) is 0. The van der Waals surface area contributed by atoms with Crippen molar-refractivity contribution in [3.05, 3.63) is 84.4 Å². The molecule has 0 fully saturated rings. The Bertz CT molecular complexity index is 1010. The van der Waals surface area contributed by atoms with Crippen LogP contribution in [-0.2, 0) is 16.3 Å². The molecule has 0 radical (unpaired) electrons. The fraction of sp³-hybridized carbons (Fsp3) is 0.0526. The van der Waals surface area contributed by atoms with Crippen molar-refractivity contribution in [3.8, 4) is 17.2 Å². The van der Waals surface area contributed by atoms with Gasteiger partial charge in [-0.15, -0.1) is 0 Å². The molecule has 0 aromatic heterocycles. The Kier molecular flexibility index (Phi) is 5.09. The number of hydrogen-bond donors (Lipinski definition) is 0. The number of para-hydroxylation sites is 1. The Morgan fingerprint density at radius 3 is 1.93 bits per heavy atom. The van der Waals surface area contributed by atoms with Gasteiger partial charge < -0.3 is 8.92 Å². The van der Waals surface area contributed by atoms with Crippen molar-refractivity contribution in [3.63, 3.8) is 0 Å². The Balaban J connectivity index is 1.76. The number of halogens is 3. The van der Waals surface area contributed by atoms with Gasteiger partial charge in [-0.1, -0.05) is 24.3 Å². The summed E-state index contributed by atoms with van der Waals surface area (Å²) in [6.07, 6.45) is -4.65. The average molecular weight is 394 g/mol. The van der Waals surface area contributed by atoms with Gasteiger partial charge in [0.15, 0.2) is 0 Å². The average Bonchev–Trinajstić information content (AvgIpc) is 2.63. The molecule has 0 unspecified atom stereocenters. The zero-order chi connectivity index (χ0) is 19.5. The van der Waals surface area contributed by atoms with E-state index in [0.29, 0.717) is 17.6 Å². The lowest BCUT2D eigenvalue weighted by molar-refractivity contribution is -0.137. The van der Waals surface area contributed by atoms with E-state index in [2.05, 4.69) is 0 Å². The van der Waals surface area contributed by atoms with Crippen LogP contribution in [0.4, 0.5) is 13.2 Å². The molecule has 0 aliphatic heterocycles. The summed E-state index contributed by atoms with van der Waals surface area (Å²) in [4.78, 5) is -0.582. The highest BCUT2D eigenvalue weighted by atomic mass is 32.2. The molecule has 0 aliphatic carbocycles. The largest absolute Gasteiger partial charge is 0.457 e. The predicted octanol–water partition coefficient (Wildman–Crippen LogP) is 5.27. The summed E-state index contributed by atoms with van der Waals surface area (Å²) in [5.41, 5.74) is -1.07. The van der Waals surface area contributed by atoms with Crippen molar-refractivity contribution in [2.75, 3.05) is 0 Å². The molecule has 0 spiro atoms. The smallest absolute Gasteiger partial charge is 0.416 e. The normalized spacial score (nSPS) is 11.8. The van der Waals surface area contributed by atoms with Crippen LogP contribution in [0.5, 0.6) is 17.2 Å². The van der Waals surface area contributed by atoms with Crippen LogP contribution in [0, 0.1) is 0 Å². The molecule has 0 atom stereocenters. The number of benzene rings is 3. The monoisotopic (exact) mass is 394 g/mol. The van der Waals surface area contributed by atoms with Crippen LogP contribution >= 0.6 is 0 Å². The Labute approximate surface area is 153 Å². The van der Waals surface area contributed by atoms with E-state index < -0.39 is 26.8 Å². The zero-order valence-electron chi connectivity index (χ0n) is 13.7. The van der Waals surface area contributed by atoms with E-state index in [9.17, 15) is 21.6 Å². The minimum absolute atomic E-state index is 0.0483. The van der Waals surface area contributed by atoms with Crippen molar-refractivity contribution in [2.45, 2.75) is 11.1 Å². The summed E-state index contributed by atoms with van der Waals surface area (Å²) >= 11 is 0. The minimum Gasteiger partial charge on any atom is -0.457 e. The molecule has 0 N–H and O–H groups in total. The van der Waals surface area contributed by atoms with Crippen LogP contribution < -0.4 is 8.92 Å². The molecule has 0 aliphatic rings. The fourth-order valence-corrected chi connectivity index (χ4v) is 3.17. The summed E-state index contributed by atoms with van der Waals surface area (Å²) in [6, 6.07) is 18.0. The van der Waals surface area contributed by atoms with Gasteiger partial charge in [-0.05, 0) is 54.6 Å². The first kappa shape index (κ1) is 18.8. The van der Waals surface area contributed by atoms with E-state index in [0.717, 1.165) is 18.2 Å². The van der Waals surface area contributed by atoms with Crippen LogP contribution in [-0.4, -0.2) is 8.42 Å². The summed E-state index contributed by atoms with van der Waals surface area (Å²) < 4.78 is 73.2. The molecule has 3 aromatic carbocycles. The van der Waals surface area contributed by atoms with Gasteiger partial charge in [-0.2, -0.15) is 21.6 Å². The maximum atomic E-state index is 12.8. The molecular formula is C19H13F3O4S. The molecule has 3 rings (SSSR count). The molecule has 140 valence electrons. The van der Waals surface area contributed by atoms with Crippen LogP contribution in [0.15, 0.2) is 83.8 Å². The lowest BCUT2D eigenvalue weighted by atomic mass is 10.2. The fourth-order valence-electron chi connectivity index (χ4n) is 2.19. The third-order valence-corrected chi connectivity index (χ3v) is 4.70. The molecule has 0 amide bonds. The molecule has 0 bridgehead atoms. The van der Waals surface area contributed by atoms with E-state index in [-0.39, 0.29) is 5.75 Å². The second-order valence-corrected chi connectivity index (χ2v) is 7.00. The summed E-state index contributed by atoms with van der Waals surface area (Å²) in [6.45, 7) is 0. The maximum absolute atomic E-state index is 12.8. The van der Waals surface area contributed by atoms with Crippen LogP contribution in [0.3, 0.4) is 0 Å². The van der Waals surface area contributed by atoms with Crippen LogP contribution in [0.1, 0.15) is 5.56 Å². The minimum atomic E-state index is -4.65. The highest BCUT2D eigenvalue weighted by Gasteiger charge is 2.32. The first-order valence-electron chi connectivity index (χ1n) is 7.69. The molecule has 27 heavy (non-hydrogen) atoms. The van der Waals surface area contributed by atoms with Crippen LogP contribution in [0.2, 0.25) is 0 Å². The molecule has 0 saturated carbocycles.